The Kier molecular flexibility index (Phi) is 3.84. The Morgan fingerprint density at radius 1 is 1.35 bits per heavy atom. The lowest BCUT2D eigenvalue weighted by Crippen LogP contribution is -2.01. The summed E-state index contributed by atoms with van der Waals surface area (Å²) in [5.74, 6) is 1.54. The van der Waals surface area contributed by atoms with Crippen LogP contribution in [0.15, 0.2) is 36.4 Å². The van der Waals surface area contributed by atoms with Gasteiger partial charge in [0.15, 0.2) is 0 Å². The minimum absolute atomic E-state index is 0.337. The molecule has 0 bridgehead atoms. The van der Waals surface area contributed by atoms with Gasteiger partial charge in [-0.1, -0.05) is 24.3 Å². The molecule has 0 amide bonds. The lowest BCUT2D eigenvalue weighted by atomic mass is 10.3. The summed E-state index contributed by atoms with van der Waals surface area (Å²) in [7, 11) is 0. The van der Waals surface area contributed by atoms with Gasteiger partial charge in [-0.2, -0.15) is 17.9 Å². The molecular weight excluding hydrogens is 230 g/mol. The molecule has 0 spiro atoms. The lowest BCUT2D eigenvalue weighted by Gasteiger charge is -2.03. The molecule has 0 fully saturated rings. The highest BCUT2D eigenvalue weighted by Crippen LogP contribution is 2.16. The molecule has 0 aliphatic heterocycles. The van der Waals surface area contributed by atoms with E-state index in [2.05, 4.69) is 28.2 Å². The van der Waals surface area contributed by atoms with E-state index >= 15 is 0 Å². The molecule has 2 aromatic rings. The lowest BCUT2D eigenvalue weighted by molar-refractivity contribution is 0.787. The van der Waals surface area contributed by atoms with Crippen molar-refractivity contribution in [3.8, 4) is 6.07 Å². The van der Waals surface area contributed by atoms with E-state index in [-0.39, 0.29) is 0 Å². The number of hydrogen-bond acceptors (Lipinski definition) is 3. The number of hydrogen-bond donors (Lipinski definition) is 1. The molecule has 17 heavy (non-hydrogen) atoms. The number of aromatic nitrogens is 2. The van der Waals surface area contributed by atoms with Crippen LogP contribution in [0.2, 0.25) is 0 Å². The fourth-order valence-corrected chi connectivity index (χ4v) is 1.94. The van der Waals surface area contributed by atoms with Gasteiger partial charge < -0.3 is 4.57 Å². The number of thiol groups is 1. The molecule has 0 unspecified atom stereocenters. The van der Waals surface area contributed by atoms with Gasteiger partial charge in [0.05, 0.1) is 23.5 Å². The van der Waals surface area contributed by atoms with E-state index < -0.39 is 0 Å². The van der Waals surface area contributed by atoms with E-state index in [1.165, 1.54) is 0 Å². The van der Waals surface area contributed by atoms with Crippen molar-refractivity contribution in [2.45, 2.75) is 13.0 Å². The highest BCUT2D eigenvalue weighted by Gasteiger charge is 2.08. The number of benzene rings is 1. The van der Waals surface area contributed by atoms with E-state index in [1.807, 2.05) is 36.4 Å². The minimum Gasteiger partial charge on any atom is -0.323 e. The first-order valence-electron chi connectivity index (χ1n) is 5.43. The van der Waals surface area contributed by atoms with Crippen molar-refractivity contribution in [1.82, 2.24) is 9.55 Å². The number of para-hydroxylation sites is 2. The highest BCUT2D eigenvalue weighted by atomic mass is 32.1. The average molecular weight is 243 g/mol. The second-order valence-electron chi connectivity index (χ2n) is 3.62. The Morgan fingerprint density at radius 3 is 2.94 bits per heavy atom. The summed E-state index contributed by atoms with van der Waals surface area (Å²) in [6, 6.07) is 10.1. The van der Waals surface area contributed by atoms with Crippen LogP contribution in [0.1, 0.15) is 5.82 Å². The molecule has 0 atom stereocenters. The summed E-state index contributed by atoms with van der Waals surface area (Å²) in [5, 5.41) is 8.81. The molecule has 1 aromatic carbocycles. The second kappa shape index (κ2) is 5.55. The summed E-state index contributed by atoms with van der Waals surface area (Å²) in [4.78, 5) is 4.47. The number of rotatable bonds is 4. The molecule has 1 aromatic heterocycles. The smallest absolute Gasteiger partial charge is 0.124 e. The van der Waals surface area contributed by atoms with Crippen LogP contribution >= 0.6 is 12.6 Å². The third-order valence-corrected chi connectivity index (χ3v) is 2.74. The van der Waals surface area contributed by atoms with Crippen molar-refractivity contribution in [2.75, 3.05) is 5.75 Å². The molecule has 0 aliphatic rings. The van der Waals surface area contributed by atoms with Gasteiger partial charge in [0, 0.05) is 12.3 Å². The Hall–Kier alpha value is -1.73. The van der Waals surface area contributed by atoms with Crippen molar-refractivity contribution in [2.24, 2.45) is 0 Å². The van der Waals surface area contributed by atoms with Crippen molar-refractivity contribution in [3.63, 3.8) is 0 Å². The van der Waals surface area contributed by atoms with Crippen LogP contribution in [0.5, 0.6) is 0 Å². The molecule has 2 rings (SSSR count). The highest BCUT2D eigenvalue weighted by molar-refractivity contribution is 7.80. The quantitative estimate of drug-likeness (QED) is 0.662. The van der Waals surface area contributed by atoms with Crippen LogP contribution in [-0.2, 0) is 13.0 Å². The summed E-state index contributed by atoms with van der Waals surface area (Å²) >= 11 is 4.13. The second-order valence-corrected chi connectivity index (χ2v) is 3.98. The zero-order valence-corrected chi connectivity index (χ0v) is 10.3. The Bertz CT molecular complexity index is 578. The Balaban J connectivity index is 2.44. The van der Waals surface area contributed by atoms with Crippen LogP contribution in [0.25, 0.3) is 11.0 Å². The number of imidazole rings is 1. The molecule has 1 heterocycles. The third kappa shape index (κ3) is 2.51. The Labute approximate surface area is 106 Å². The van der Waals surface area contributed by atoms with E-state index in [4.69, 9.17) is 5.26 Å². The number of nitriles is 1. The SMILES string of the molecule is N#CCc1nc2ccccc2n1CC=CCS. The fraction of sp³-hybridized carbons (Fsp3) is 0.231. The monoisotopic (exact) mass is 243 g/mol. The predicted octanol–water partition coefficient (Wildman–Crippen LogP) is 2.59. The van der Waals surface area contributed by atoms with E-state index in [1.54, 1.807) is 0 Å². The van der Waals surface area contributed by atoms with E-state index in [0.717, 1.165) is 29.2 Å². The van der Waals surface area contributed by atoms with E-state index in [9.17, 15) is 0 Å². The van der Waals surface area contributed by atoms with Gasteiger partial charge in [-0.25, -0.2) is 4.98 Å². The van der Waals surface area contributed by atoms with Crippen LogP contribution in [0, 0.1) is 11.3 Å². The number of fused-ring (bicyclic) bond motifs is 1. The van der Waals surface area contributed by atoms with Gasteiger partial charge in [0.25, 0.3) is 0 Å². The van der Waals surface area contributed by atoms with Crippen LogP contribution in [-0.4, -0.2) is 15.3 Å². The van der Waals surface area contributed by atoms with Gasteiger partial charge in [0.1, 0.15) is 5.82 Å². The molecule has 0 saturated carbocycles. The van der Waals surface area contributed by atoms with Gasteiger partial charge in [-0.05, 0) is 12.1 Å². The maximum absolute atomic E-state index is 8.81. The maximum atomic E-state index is 8.81. The summed E-state index contributed by atoms with van der Waals surface area (Å²) in [6.07, 6.45) is 4.37. The topological polar surface area (TPSA) is 41.6 Å². The van der Waals surface area contributed by atoms with Crippen molar-refractivity contribution in [1.29, 1.82) is 5.26 Å². The summed E-state index contributed by atoms with van der Waals surface area (Å²) < 4.78 is 2.07. The maximum Gasteiger partial charge on any atom is 0.124 e. The van der Waals surface area contributed by atoms with Crippen LogP contribution in [0.3, 0.4) is 0 Å². The normalized spacial score (nSPS) is 11.1. The molecule has 3 nitrogen and oxygen atoms in total. The molecule has 0 saturated heterocycles. The molecule has 0 radical (unpaired) electrons. The van der Waals surface area contributed by atoms with Gasteiger partial charge in [-0.3, -0.25) is 0 Å². The number of nitrogens with zero attached hydrogens (tertiary/aromatic N) is 3. The van der Waals surface area contributed by atoms with Crippen LogP contribution in [0.4, 0.5) is 0 Å². The molecule has 0 N–H and O–H groups in total. The summed E-state index contributed by atoms with van der Waals surface area (Å²) in [6.45, 7) is 0.734. The van der Waals surface area contributed by atoms with Crippen LogP contribution < -0.4 is 0 Å². The first-order valence-corrected chi connectivity index (χ1v) is 6.07. The molecule has 86 valence electrons. The Morgan fingerprint density at radius 2 is 2.18 bits per heavy atom. The first kappa shape index (κ1) is 11.7. The van der Waals surface area contributed by atoms with Crippen molar-refractivity contribution in [3.05, 3.63) is 42.2 Å². The molecule has 0 aliphatic carbocycles. The number of allylic oxidation sites excluding steroid dienone is 1. The third-order valence-electron chi connectivity index (χ3n) is 2.53. The summed E-state index contributed by atoms with van der Waals surface area (Å²) in [5.41, 5.74) is 2.01. The predicted molar refractivity (Wildman–Crippen MR) is 72.0 cm³/mol. The average Bonchev–Trinajstić information content (AvgIpc) is 2.69. The first-order chi connectivity index (χ1) is 8.36. The van der Waals surface area contributed by atoms with E-state index in [0.29, 0.717) is 6.42 Å². The molecular formula is C13H13N3S. The van der Waals surface area contributed by atoms with Gasteiger partial charge in [0.2, 0.25) is 0 Å². The minimum atomic E-state index is 0.337. The zero-order chi connectivity index (χ0) is 12.1. The van der Waals surface area contributed by atoms with Crippen molar-refractivity contribution >= 4 is 23.7 Å². The fourth-order valence-electron chi connectivity index (χ4n) is 1.79. The van der Waals surface area contributed by atoms with Crippen molar-refractivity contribution < 1.29 is 0 Å². The standard InChI is InChI=1S/C13H13N3S/c14-8-7-13-15-11-5-1-2-6-12(11)16(13)9-3-4-10-17/h1-6,17H,7,9-10H2. The molecule has 4 heteroatoms. The largest absolute Gasteiger partial charge is 0.323 e. The van der Waals surface area contributed by atoms with Gasteiger partial charge in [-0.15, -0.1) is 0 Å². The van der Waals surface area contributed by atoms with Gasteiger partial charge >= 0.3 is 0 Å². The zero-order valence-electron chi connectivity index (χ0n) is 9.37.